The monoisotopic (exact) mass is 488 g/mol. The van der Waals surface area contributed by atoms with Crippen LogP contribution in [0.5, 0.6) is 0 Å². The Bertz CT molecular complexity index is 575. The summed E-state index contributed by atoms with van der Waals surface area (Å²) in [6.07, 6.45) is 2.71. The molecule has 3 N–H and O–H groups in total. The van der Waals surface area contributed by atoms with Crippen molar-refractivity contribution >= 4 is 35.8 Å². The number of amides is 1. The van der Waals surface area contributed by atoms with E-state index in [1.54, 1.807) is 7.05 Å². The van der Waals surface area contributed by atoms with E-state index in [1.807, 2.05) is 37.3 Å². The molecule has 2 rings (SSSR count). The number of carbonyl (C=O) groups is 1. The highest BCUT2D eigenvalue weighted by molar-refractivity contribution is 14.0. The van der Waals surface area contributed by atoms with Crippen molar-refractivity contribution in [2.45, 2.75) is 38.7 Å². The summed E-state index contributed by atoms with van der Waals surface area (Å²) in [5, 5.41) is 16.3. The van der Waals surface area contributed by atoms with Crippen LogP contribution in [0, 0.1) is 5.92 Å². The molecular weight excluding hydrogens is 455 g/mol. The van der Waals surface area contributed by atoms with Crippen LogP contribution in [0.1, 0.15) is 31.7 Å². The van der Waals surface area contributed by atoms with Gasteiger partial charge in [0.15, 0.2) is 5.96 Å². The number of hydrogen-bond donors (Lipinski definition) is 3. The van der Waals surface area contributed by atoms with E-state index < -0.39 is 6.10 Å². The van der Waals surface area contributed by atoms with E-state index in [2.05, 4.69) is 20.5 Å². The van der Waals surface area contributed by atoms with E-state index in [9.17, 15) is 9.90 Å². The predicted octanol–water partition coefficient (Wildman–Crippen LogP) is 2.02. The molecule has 1 saturated heterocycles. The minimum absolute atomic E-state index is 0. The number of hydrogen-bond acceptors (Lipinski definition) is 3. The zero-order chi connectivity index (χ0) is 18.8. The zero-order valence-corrected chi connectivity index (χ0v) is 18.7. The van der Waals surface area contributed by atoms with E-state index >= 15 is 0 Å². The summed E-state index contributed by atoms with van der Waals surface area (Å²) >= 11 is 0. The van der Waals surface area contributed by atoms with Crippen LogP contribution in [-0.2, 0) is 11.2 Å². The van der Waals surface area contributed by atoms with Gasteiger partial charge < -0.3 is 20.6 Å². The van der Waals surface area contributed by atoms with Gasteiger partial charge in [-0.25, -0.2) is 0 Å². The van der Waals surface area contributed by atoms with E-state index in [0.717, 1.165) is 44.0 Å². The van der Waals surface area contributed by atoms with Gasteiger partial charge in [-0.3, -0.25) is 9.79 Å². The van der Waals surface area contributed by atoms with Gasteiger partial charge in [0, 0.05) is 39.5 Å². The first-order chi connectivity index (χ1) is 12.6. The summed E-state index contributed by atoms with van der Waals surface area (Å²) in [5.74, 6) is 1.42. The number of aliphatic hydroxyl groups excluding tert-OH is 1. The molecular formula is C20H33IN4O2. The van der Waals surface area contributed by atoms with Gasteiger partial charge in [-0.2, -0.15) is 0 Å². The molecule has 0 aliphatic carbocycles. The molecule has 1 heterocycles. The summed E-state index contributed by atoms with van der Waals surface area (Å²) in [4.78, 5) is 18.4. The number of rotatable bonds is 7. The molecule has 0 aromatic heterocycles. The van der Waals surface area contributed by atoms with Crippen molar-refractivity contribution in [1.29, 1.82) is 0 Å². The number of likely N-dealkylation sites (tertiary alicyclic amines) is 1. The van der Waals surface area contributed by atoms with Crippen LogP contribution in [0.25, 0.3) is 0 Å². The Morgan fingerprint density at radius 2 is 1.96 bits per heavy atom. The molecule has 1 aromatic carbocycles. The molecule has 1 aromatic rings. The number of halogens is 1. The fourth-order valence-electron chi connectivity index (χ4n) is 3.28. The smallest absolute Gasteiger partial charge is 0.220 e. The average molecular weight is 488 g/mol. The second-order valence-corrected chi connectivity index (χ2v) is 6.85. The lowest BCUT2D eigenvalue weighted by molar-refractivity contribution is -0.121. The number of nitrogens with zero attached hydrogens (tertiary/aromatic N) is 2. The van der Waals surface area contributed by atoms with Crippen LogP contribution < -0.4 is 10.6 Å². The van der Waals surface area contributed by atoms with Crippen molar-refractivity contribution < 1.29 is 9.90 Å². The first-order valence-corrected chi connectivity index (χ1v) is 9.58. The lowest BCUT2D eigenvalue weighted by Crippen LogP contribution is -2.46. The van der Waals surface area contributed by atoms with Gasteiger partial charge in [-0.1, -0.05) is 30.3 Å². The topological polar surface area (TPSA) is 77.0 Å². The second kappa shape index (κ2) is 12.9. The number of aliphatic hydroxyl groups is 1. The SMILES string of the molecule is CCNC(=NCC(O)Cc1ccccc1)N1CCC(CC(=O)NC)CC1.I. The Morgan fingerprint density at radius 3 is 2.56 bits per heavy atom. The van der Waals surface area contributed by atoms with Gasteiger partial charge in [-0.15, -0.1) is 24.0 Å². The van der Waals surface area contributed by atoms with Crippen molar-refractivity contribution in [3.8, 4) is 0 Å². The van der Waals surface area contributed by atoms with Gasteiger partial charge >= 0.3 is 0 Å². The molecule has 7 heteroatoms. The number of benzene rings is 1. The van der Waals surface area contributed by atoms with Gasteiger partial charge in [0.25, 0.3) is 0 Å². The molecule has 1 amide bonds. The Kier molecular flexibility index (Phi) is 11.3. The summed E-state index contributed by atoms with van der Waals surface area (Å²) in [6, 6.07) is 9.99. The Morgan fingerprint density at radius 1 is 1.30 bits per heavy atom. The third-order valence-electron chi connectivity index (χ3n) is 4.77. The van der Waals surface area contributed by atoms with Crippen molar-refractivity contribution in [3.05, 3.63) is 35.9 Å². The van der Waals surface area contributed by atoms with Crippen molar-refractivity contribution in [1.82, 2.24) is 15.5 Å². The first kappa shape index (κ1) is 23.7. The number of nitrogens with one attached hydrogen (secondary N) is 2. The Labute approximate surface area is 179 Å². The van der Waals surface area contributed by atoms with Crippen LogP contribution in [0.3, 0.4) is 0 Å². The largest absolute Gasteiger partial charge is 0.391 e. The lowest BCUT2D eigenvalue weighted by Gasteiger charge is -2.34. The molecule has 1 aliphatic heterocycles. The zero-order valence-electron chi connectivity index (χ0n) is 16.4. The molecule has 0 saturated carbocycles. The average Bonchev–Trinajstić information content (AvgIpc) is 2.66. The summed E-state index contributed by atoms with van der Waals surface area (Å²) < 4.78 is 0. The highest BCUT2D eigenvalue weighted by Crippen LogP contribution is 2.20. The highest BCUT2D eigenvalue weighted by Gasteiger charge is 2.23. The number of aliphatic imine (C=N–C) groups is 1. The minimum atomic E-state index is -0.489. The van der Waals surface area contributed by atoms with Crippen molar-refractivity contribution in [3.63, 3.8) is 0 Å². The quantitative estimate of drug-likeness (QED) is 0.312. The van der Waals surface area contributed by atoms with Crippen LogP contribution in [0.2, 0.25) is 0 Å². The van der Waals surface area contributed by atoms with Gasteiger partial charge in [0.2, 0.25) is 5.91 Å². The van der Waals surface area contributed by atoms with Crippen molar-refractivity contribution in [2.24, 2.45) is 10.9 Å². The maximum Gasteiger partial charge on any atom is 0.220 e. The third kappa shape index (κ3) is 8.47. The van der Waals surface area contributed by atoms with Crippen molar-refractivity contribution in [2.75, 3.05) is 33.2 Å². The minimum Gasteiger partial charge on any atom is -0.391 e. The molecule has 1 aliphatic rings. The van der Waals surface area contributed by atoms with E-state index in [4.69, 9.17) is 0 Å². The standard InChI is InChI=1S/C20H32N4O2.HI/c1-3-22-20(23-15-18(25)13-16-7-5-4-6-8-16)24-11-9-17(10-12-24)14-19(26)21-2;/h4-8,17-18,25H,3,9-15H2,1-2H3,(H,21,26)(H,22,23);1H. The summed E-state index contributed by atoms with van der Waals surface area (Å²) in [5.41, 5.74) is 1.12. The fourth-order valence-corrected chi connectivity index (χ4v) is 3.28. The highest BCUT2D eigenvalue weighted by atomic mass is 127. The van der Waals surface area contributed by atoms with Crippen LogP contribution in [0.4, 0.5) is 0 Å². The van der Waals surface area contributed by atoms with E-state index in [1.165, 1.54) is 0 Å². The molecule has 152 valence electrons. The second-order valence-electron chi connectivity index (χ2n) is 6.85. The van der Waals surface area contributed by atoms with Gasteiger partial charge in [-0.05, 0) is 31.2 Å². The summed E-state index contributed by atoms with van der Waals surface area (Å²) in [6.45, 7) is 5.01. The number of carbonyl (C=O) groups excluding carboxylic acids is 1. The number of piperidine rings is 1. The summed E-state index contributed by atoms with van der Waals surface area (Å²) in [7, 11) is 1.69. The van der Waals surface area contributed by atoms with Crippen LogP contribution in [-0.4, -0.2) is 61.2 Å². The number of guanidine groups is 1. The lowest BCUT2D eigenvalue weighted by atomic mass is 9.93. The molecule has 1 unspecified atom stereocenters. The molecule has 0 spiro atoms. The van der Waals surface area contributed by atoms with Gasteiger partial charge in [0.05, 0.1) is 12.6 Å². The van der Waals surface area contributed by atoms with E-state index in [0.29, 0.717) is 25.3 Å². The third-order valence-corrected chi connectivity index (χ3v) is 4.77. The van der Waals surface area contributed by atoms with Crippen LogP contribution >= 0.6 is 24.0 Å². The molecule has 0 bridgehead atoms. The molecule has 1 fully saturated rings. The molecule has 6 nitrogen and oxygen atoms in total. The first-order valence-electron chi connectivity index (χ1n) is 9.58. The molecule has 0 radical (unpaired) electrons. The Hall–Kier alpha value is -1.35. The molecule has 1 atom stereocenters. The van der Waals surface area contributed by atoms with Crippen LogP contribution in [0.15, 0.2) is 35.3 Å². The van der Waals surface area contributed by atoms with E-state index in [-0.39, 0.29) is 29.9 Å². The molecule has 27 heavy (non-hydrogen) atoms. The normalized spacial score (nSPS) is 16.4. The fraction of sp³-hybridized carbons (Fsp3) is 0.600. The Balaban J connectivity index is 0.00000364. The van der Waals surface area contributed by atoms with Gasteiger partial charge in [0.1, 0.15) is 0 Å². The maximum atomic E-state index is 11.5. The maximum absolute atomic E-state index is 11.5. The predicted molar refractivity (Wildman–Crippen MR) is 121 cm³/mol.